The van der Waals surface area contributed by atoms with Gasteiger partial charge in [0.1, 0.15) is 5.82 Å². The number of halogens is 2. The highest BCUT2D eigenvalue weighted by molar-refractivity contribution is 6.35. The number of anilines is 1. The quantitative estimate of drug-likeness (QED) is 0.520. The Bertz CT molecular complexity index is 1020. The van der Waals surface area contributed by atoms with Gasteiger partial charge in [-0.1, -0.05) is 18.5 Å². The molecule has 1 aliphatic heterocycles. The van der Waals surface area contributed by atoms with Gasteiger partial charge in [-0.3, -0.25) is 0 Å². The van der Waals surface area contributed by atoms with E-state index < -0.39 is 11.6 Å². The molecule has 0 aliphatic carbocycles. The number of aromatic amines is 1. The number of hydrogen-bond acceptors (Lipinski definition) is 2. The average Bonchev–Trinajstić information content (AvgIpc) is 3.04. The minimum atomic E-state index is -0.603. The summed E-state index contributed by atoms with van der Waals surface area (Å²) in [6.45, 7) is 7.89. The first kappa shape index (κ1) is 17.4. The number of aliphatic hydroxyl groups excluding tert-OH is 1. The number of nitrogens with one attached hydrogen (secondary N) is 2. The summed E-state index contributed by atoms with van der Waals surface area (Å²) in [7, 11) is 0. The van der Waals surface area contributed by atoms with Crippen LogP contribution in [0.25, 0.3) is 22.0 Å². The van der Waals surface area contributed by atoms with E-state index in [1.54, 1.807) is 12.3 Å². The van der Waals surface area contributed by atoms with E-state index in [1.807, 2.05) is 39.8 Å². The summed E-state index contributed by atoms with van der Waals surface area (Å²) in [5, 5.41) is 15.6. The molecular formula is C21H22ClFN2O. The number of rotatable bonds is 1. The number of aryl methyl sites for hydroxylation is 1. The molecule has 2 atom stereocenters. The van der Waals surface area contributed by atoms with Crippen LogP contribution in [0.2, 0.25) is 5.02 Å². The third kappa shape index (κ3) is 2.36. The van der Waals surface area contributed by atoms with Crippen molar-refractivity contribution in [3.63, 3.8) is 0 Å². The van der Waals surface area contributed by atoms with E-state index in [9.17, 15) is 9.50 Å². The third-order valence-electron chi connectivity index (χ3n) is 5.56. The van der Waals surface area contributed by atoms with E-state index in [2.05, 4.69) is 10.3 Å². The van der Waals surface area contributed by atoms with Gasteiger partial charge in [-0.05, 0) is 50.6 Å². The molecule has 0 saturated carbocycles. The van der Waals surface area contributed by atoms with Gasteiger partial charge >= 0.3 is 0 Å². The average molecular weight is 373 g/mol. The van der Waals surface area contributed by atoms with Crippen LogP contribution in [-0.2, 0) is 0 Å². The van der Waals surface area contributed by atoms with Crippen molar-refractivity contribution in [2.45, 2.75) is 45.3 Å². The normalized spacial score (nSPS) is 21.5. The van der Waals surface area contributed by atoms with Crippen molar-refractivity contribution in [3.05, 3.63) is 52.4 Å². The minimum absolute atomic E-state index is 0.168. The topological polar surface area (TPSA) is 48.0 Å². The Morgan fingerprint density at radius 3 is 2.69 bits per heavy atom. The predicted octanol–water partition coefficient (Wildman–Crippen LogP) is 5.60. The number of benzene rings is 2. The van der Waals surface area contributed by atoms with Crippen LogP contribution in [0.4, 0.5) is 10.1 Å². The predicted molar refractivity (Wildman–Crippen MR) is 106 cm³/mol. The summed E-state index contributed by atoms with van der Waals surface area (Å²) in [5.41, 5.74) is 4.13. The molecule has 0 fully saturated rings. The fourth-order valence-corrected chi connectivity index (χ4v) is 4.56. The lowest BCUT2D eigenvalue weighted by Gasteiger charge is -2.43. The SMILES string of the molecule is Cc1cc(-c2c(F)ccc3cc[nH]c23)c(Cl)c2c1NC(C)(C)[C@H](O)[C@H]2C. The molecule has 3 N–H and O–H groups in total. The maximum Gasteiger partial charge on any atom is 0.133 e. The molecule has 1 aromatic heterocycles. The van der Waals surface area contributed by atoms with Gasteiger partial charge in [-0.25, -0.2) is 4.39 Å². The minimum Gasteiger partial charge on any atom is -0.390 e. The Balaban J connectivity index is 2.03. The molecule has 0 unspecified atom stereocenters. The van der Waals surface area contributed by atoms with Gasteiger partial charge in [0.05, 0.1) is 22.2 Å². The first-order valence-electron chi connectivity index (χ1n) is 8.77. The second kappa shape index (κ2) is 5.73. The molecule has 2 heterocycles. The molecule has 136 valence electrons. The van der Waals surface area contributed by atoms with E-state index in [4.69, 9.17) is 11.6 Å². The largest absolute Gasteiger partial charge is 0.390 e. The van der Waals surface area contributed by atoms with Gasteiger partial charge in [0.25, 0.3) is 0 Å². The van der Waals surface area contributed by atoms with Crippen LogP contribution in [-0.4, -0.2) is 21.7 Å². The zero-order valence-corrected chi connectivity index (χ0v) is 16.0. The lowest BCUT2D eigenvalue weighted by Crippen LogP contribution is -2.50. The Labute approximate surface area is 157 Å². The molecular weight excluding hydrogens is 351 g/mol. The lowest BCUT2D eigenvalue weighted by atomic mass is 9.77. The molecule has 0 radical (unpaired) electrons. The number of hydrogen-bond donors (Lipinski definition) is 3. The fraction of sp³-hybridized carbons (Fsp3) is 0.333. The highest BCUT2D eigenvalue weighted by Crippen LogP contribution is 2.48. The lowest BCUT2D eigenvalue weighted by molar-refractivity contribution is 0.0869. The number of aromatic nitrogens is 1. The zero-order chi connectivity index (χ0) is 18.8. The van der Waals surface area contributed by atoms with Crippen LogP contribution >= 0.6 is 11.6 Å². The molecule has 3 nitrogen and oxygen atoms in total. The highest BCUT2D eigenvalue weighted by atomic mass is 35.5. The monoisotopic (exact) mass is 372 g/mol. The van der Waals surface area contributed by atoms with Crippen molar-refractivity contribution >= 4 is 28.2 Å². The van der Waals surface area contributed by atoms with Gasteiger partial charge in [0.2, 0.25) is 0 Å². The number of aliphatic hydroxyl groups is 1. The number of fused-ring (bicyclic) bond motifs is 2. The maximum absolute atomic E-state index is 14.8. The van der Waals surface area contributed by atoms with E-state index in [1.165, 1.54) is 6.07 Å². The standard InChI is InChI=1S/C21H22ClFN2O/c1-10-9-13(16-14(23)6-5-12-7-8-24-19(12)16)17(22)15-11(2)20(26)21(3,4)25-18(10)15/h5-9,11,20,24-26H,1-4H3/t11-,20+/m0/s1. The van der Waals surface area contributed by atoms with E-state index in [-0.39, 0.29) is 11.7 Å². The maximum atomic E-state index is 14.8. The van der Waals surface area contributed by atoms with Crippen molar-refractivity contribution in [1.29, 1.82) is 0 Å². The Hall–Kier alpha value is -2.04. The van der Waals surface area contributed by atoms with Gasteiger partial charge < -0.3 is 15.4 Å². The molecule has 0 bridgehead atoms. The van der Waals surface area contributed by atoms with Gasteiger partial charge in [0, 0.05) is 39.9 Å². The zero-order valence-electron chi connectivity index (χ0n) is 15.2. The van der Waals surface area contributed by atoms with E-state index in [0.29, 0.717) is 16.1 Å². The summed E-state index contributed by atoms with van der Waals surface area (Å²) < 4.78 is 14.8. The van der Waals surface area contributed by atoms with E-state index in [0.717, 1.165) is 27.7 Å². The summed E-state index contributed by atoms with van der Waals surface area (Å²) in [6.07, 6.45) is 1.19. The van der Waals surface area contributed by atoms with Gasteiger partial charge in [0.15, 0.2) is 0 Å². The first-order chi connectivity index (χ1) is 12.2. The highest BCUT2D eigenvalue weighted by Gasteiger charge is 2.40. The van der Waals surface area contributed by atoms with Crippen LogP contribution in [0.1, 0.15) is 37.8 Å². The third-order valence-corrected chi connectivity index (χ3v) is 5.97. The van der Waals surface area contributed by atoms with Crippen molar-refractivity contribution in [3.8, 4) is 11.1 Å². The van der Waals surface area contributed by atoms with Crippen LogP contribution in [0, 0.1) is 12.7 Å². The van der Waals surface area contributed by atoms with Crippen LogP contribution < -0.4 is 5.32 Å². The second-order valence-corrected chi connectivity index (χ2v) is 8.17. The molecule has 0 saturated heterocycles. The smallest absolute Gasteiger partial charge is 0.133 e. The van der Waals surface area contributed by atoms with E-state index >= 15 is 0 Å². The van der Waals surface area contributed by atoms with Crippen molar-refractivity contribution in [1.82, 2.24) is 4.98 Å². The fourth-order valence-electron chi connectivity index (χ4n) is 4.14. The van der Waals surface area contributed by atoms with Crippen molar-refractivity contribution < 1.29 is 9.50 Å². The number of H-pyrrole nitrogens is 1. The Morgan fingerprint density at radius 1 is 1.23 bits per heavy atom. The molecule has 2 aromatic carbocycles. The Kier molecular flexibility index (Phi) is 3.83. The Morgan fingerprint density at radius 2 is 1.96 bits per heavy atom. The molecule has 0 spiro atoms. The molecule has 0 amide bonds. The van der Waals surface area contributed by atoms with Crippen LogP contribution in [0.5, 0.6) is 0 Å². The molecule has 1 aliphatic rings. The summed E-state index contributed by atoms with van der Waals surface area (Å²) in [4.78, 5) is 3.12. The van der Waals surface area contributed by atoms with Gasteiger partial charge in [-0.2, -0.15) is 0 Å². The second-order valence-electron chi connectivity index (χ2n) is 7.79. The molecule has 4 rings (SSSR count). The van der Waals surface area contributed by atoms with Gasteiger partial charge in [-0.15, -0.1) is 0 Å². The van der Waals surface area contributed by atoms with Crippen LogP contribution in [0.3, 0.4) is 0 Å². The summed E-state index contributed by atoms with van der Waals surface area (Å²) in [5.74, 6) is -0.489. The van der Waals surface area contributed by atoms with Crippen molar-refractivity contribution in [2.24, 2.45) is 0 Å². The molecule has 26 heavy (non-hydrogen) atoms. The summed E-state index contributed by atoms with van der Waals surface area (Å²) in [6, 6.07) is 7.05. The molecule has 5 heteroatoms. The first-order valence-corrected chi connectivity index (χ1v) is 9.15. The van der Waals surface area contributed by atoms with Crippen molar-refractivity contribution in [2.75, 3.05) is 5.32 Å². The van der Waals surface area contributed by atoms with Crippen LogP contribution in [0.15, 0.2) is 30.5 Å². The molecule has 3 aromatic rings. The summed E-state index contributed by atoms with van der Waals surface area (Å²) >= 11 is 6.79.